The van der Waals surface area contributed by atoms with Gasteiger partial charge in [0.15, 0.2) is 0 Å². The van der Waals surface area contributed by atoms with Crippen molar-refractivity contribution in [1.29, 1.82) is 5.26 Å². The molecule has 1 unspecified atom stereocenters. The van der Waals surface area contributed by atoms with Crippen LogP contribution in [0.1, 0.15) is 50.1 Å². The van der Waals surface area contributed by atoms with Gasteiger partial charge in [-0.1, -0.05) is 0 Å². The molecule has 0 bridgehead atoms. The molecule has 1 radical (unpaired) electrons. The van der Waals surface area contributed by atoms with Crippen LogP contribution in [0.4, 0.5) is 5.82 Å². The van der Waals surface area contributed by atoms with Crippen molar-refractivity contribution in [1.82, 2.24) is 29.9 Å². The molecule has 43 heavy (non-hydrogen) atoms. The van der Waals surface area contributed by atoms with Gasteiger partial charge in [-0.2, -0.15) is 0 Å². The Bertz CT molecular complexity index is 2020. The molecular formula is C29H27AsN9O3S. The normalized spacial score (nSPS) is 12.4. The van der Waals surface area contributed by atoms with E-state index in [0.29, 0.717) is 21.6 Å². The molecule has 1 amide bonds. The molecule has 0 aliphatic carbocycles. The molecule has 5 N–H and O–H groups in total. The summed E-state index contributed by atoms with van der Waals surface area (Å²) in [7, 11) is -3.80. The summed E-state index contributed by atoms with van der Waals surface area (Å²) in [4.78, 5) is 26.4. The third kappa shape index (κ3) is 6.41. The number of anilines is 1. The Morgan fingerprint density at radius 2 is 1.88 bits per heavy atom. The van der Waals surface area contributed by atoms with Crippen molar-refractivity contribution >= 4 is 47.5 Å². The zero-order chi connectivity index (χ0) is 30.9. The molecule has 3 heterocycles. The Morgan fingerprint density at radius 1 is 1.14 bits per heavy atom. The van der Waals surface area contributed by atoms with Crippen LogP contribution >= 0.6 is 0 Å². The number of nitrogens with zero attached hydrogens (tertiary/aromatic N) is 6. The molecule has 3 aromatic heterocycles. The van der Waals surface area contributed by atoms with E-state index in [-0.39, 0.29) is 33.4 Å². The van der Waals surface area contributed by atoms with Crippen molar-refractivity contribution in [2.24, 2.45) is 5.14 Å². The molecule has 217 valence electrons. The number of aryl methyl sites for hydroxylation is 2. The first-order valence-electron chi connectivity index (χ1n) is 13.0. The van der Waals surface area contributed by atoms with E-state index in [1.165, 1.54) is 18.5 Å². The SMILES string of the molecule is Cc1cc(C(=O)NCc2ccc(S(N)(=O)=O)cc2)cc(-c2nc(C(C)[As]c3ncnc(N)c3C#N)nn3ccc(C)c23)c1. The fraction of sp³-hybridized carbons (Fsp3) is 0.172. The van der Waals surface area contributed by atoms with Crippen molar-refractivity contribution in [3.05, 3.63) is 94.7 Å². The third-order valence-electron chi connectivity index (χ3n) is 6.71. The molecule has 5 rings (SSSR count). The summed E-state index contributed by atoms with van der Waals surface area (Å²) in [5.74, 6) is 0.440. The number of sulfonamides is 1. The summed E-state index contributed by atoms with van der Waals surface area (Å²) in [6.45, 7) is 6.08. The van der Waals surface area contributed by atoms with Crippen LogP contribution in [0.3, 0.4) is 0 Å². The summed E-state index contributed by atoms with van der Waals surface area (Å²) >= 11 is -0.668. The van der Waals surface area contributed by atoms with Crippen molar-refractivity contribution in [3.8, 4) is 17.3 Å². The second-order valence-electron chi connectivity index (χ2n) is 9.94. The monoisotopic (exact) mass is 656 g/mol. The second kappa shape index (κ2) is 11.9. The number of aromatic nitrogens is 5. The van der Waals surface area contributed by atoms with E-state index in [1.807, 2.05) is 39.1 Å². The van der Waals surface area contributed by atoms with E-state index in [4.69, 9.17) is 21.0 Å². The Morgan fingerprint density at radius 3 is 2.58 bits per heavy atom. The van der Waals surface area contributed by atoms with Gasteiger partial charge in [0.25, 0.3) is 0 Å². The van der Waals surface area contributed by atoms with Crippen LogP contribution in [0.25, 0.3) is 16.8 Å². The Hall–Kier alpha value is -4.63. The van der Waals surface area contributed by atoms with Crippen molar-refractivity contribution in [3.63, 3.8) is 0 Å². The Labute approximate surface area is 254 Å². The number of nitrogen functional groups attached to an aromatic ring is 1. The van der Waals surface area contributed by atoms with Crippen LogP contribution in [0, 0.1) is 25.2 Å². The molecule has 0 saturated carbocycles. The predicted octanol–water partition coefficient (Wildman–Crippen LogP) is 1.93. The number of fused-ring (bicyclic) bond motifs is 1. The second-order valence-corrected chi connectivity index (χ2v) is 14.6. The van der Waals surface area contributed by atoms with Crippen molar-refractivity contribution in [2.45, 2.75) is 36.9 Å². The number of nitrogens with two attached hydrogens (primary N) is 2. The van der Waals surface area contributed by atoms with E-state index in [0.717, 1.165) is 27.8 Å². The number of nitriles is 1. The Kier molecular flexibility index (Phi) is 8.28. The summed E-state index contributed by atoms with van der Waals surface area (Å²) in [6.07, 6.45) is 3.23. The van der Waals surface area contributed by atoms with E-state index < -0.39 is 25.8 Å². The molecule has 0 fully saturated rings. The number of amides is 1. The number of carbonyl (C=O) groups is 1. The fourth-order valence-corrected chi connectivity index (χ4v) is 7.16. The van der Waals surface area contributed by atoms with Crippen LogP contribution in [-0.2, 0) is 16.6 Å². The quantitative estimate of drug-likeness (QED) is 0.209. The van der Waals surface area contributed by atoms with Gasteiger partial charge in [0.05, 0.1) is 4.90 Å². The van der Waals surface area contributed by atoms with Crippen LogP contribution < -0.4 is 20.7 Å². The number of hydrogen-bond donors (Lipinski definition) is 3. The van der Waals surface area contributed by atoms with Gasteiger partial charge < -0.3 is 0 Å². The van der Waals surface area contributed by atoms with E-state index in [1.54, 1.807) is 28.8 Å². The standard InChI is InChI=1S/C29H27AsN9O3S/c1-16-10-20(12-21(11-16)29(40)34-14-19-4-6-22(7-5-19)43(33,41)42)24-25-17(2)8-9-39(25)38-28(37-24)18(3)30-26-23(13-31)27(32)36-15-35-26/h4-12,15,18H,14H2,1-3H3,(H,34,40)(H2,32,35,36)(H2,33,41,42). The molecule has 1 atom stereocenters. The van der Waals surface area contributed by atoms with E-state index in [9.17, 15) is 18.5 Å². The zero-order valence-electron chi connectivity index (χ0n) is 23.5. The number of hydrogen-bond acceptors (Lipinski definition) is 9. The molecule has 2 aromatic carbocycles. The van der Waals surface area contributed by atoms with Crippen LogP contribution in [0.15, 0.2) is 66.0 Å². The Balaban J connectivity index is 1.46. The topological polar surface area (TPSA) is 195 Å². The molecule has 12 nitrogen and oxygen atoms in total. The first kappa shape index (κ1) is 29.8. The maximum atomic E-state index is 13.2. The summed E-state index contributed by atoms with van der Waals surface area (Å²) in [5, 5.41) is 22.4. The van der Waals surface area contributed by atoms with Gasteiger partial charge in [-0.25, -0.2) is 13.6 Å². The summed E-state index contributed by atoms with van der Waals surface area (Å²) in [6, 6.07) is 15.6. The average molecular weight is 657 g/mol. The molecule has 0 saturated heterocycles. The average Bonchev–Trinajstić information content (AvgIpc) is 3.35. The van der Waals surface area contributed by atoms with Gasteiger partial charge in [0.1, 0.15) is 0 Å². The van der Waals surface area contributed by atoms with Gasteiger partial charge in [-0.3, -0.25) is 0 Å². The number of rotatable bonds is 8. The number of primary sulfonamides is 1. The number of carbonyl (C=O) groups excluding carboxylic acids is 1. The molecule has 0 spiro atoms. The first-order chi connectivity index (χ1) is 20.4. The minimum atomic E-state index is -3.80. The number of benzene rings is 2. The maximum absolute atomic E-state index is 13.2. The van der Waals surface area contributed by atoms with Crippen LogP contribution in [0.5, 0.6) is 0 Å². The summed E-state index contributed by atoms with van der Waals surface area (Å²) < 4.78 is 25.3. The molecule has 5 aromatic rings. The van der Waals surface area contributed by atoms with E-state index in [2.05, 4.69) is 21.4 Å². The van der Waals surface area contributed by atoms with Gasteiger partial charge in [0, 0.05) is 0 Å². The molecule has 0 aliphatic heterocycles. The van der Waals surface area contributed by atoms with Gasteiger partial charge >= 0.3 is 215 Å². The number of nitrogens with one attached hydrogen (secondary N) is 1. The van der Waals surface area contributed by atoms with Crippen LogP contribution in [-0.4, -0.2) is 54.6 Å². The van der Waals surface area contributed by atoms with Crippen molar-refractivity contribution < 1.29 is 13.2 Å². The van der Waals surface area contributed by atoms with E-state index >= 15 is 0 Å². The van der Waals surface area contributed by atoms with Crippen LogP contribution in [0.2, 0.25) is 0 Å². The minimum absolute atomic E-state index is 0.00454. The fourth-order valence-electron chi connectivity index (χ4n) is 4.54. The predicted molar refractivity (Wildman–Crippen MR) is 162 cm³/mol. The van der Waals surface area contributed by atoms with Crippen molar-refractivity contribution in [2.75, 3.05) is 5.73 Å². The molecule has 0 aliphatic rings. The molecular weight excluding hydrogens is 629 g/mol. The van der Waals surface area contributed by atoms with Gasteiger partial charge in [-0.05, 0) is 12.1 Å². The third-order valence-corrected chi connectivity index (χ3v) is 10.2. The van der Waals surface area contributed by atoms with Gasteiger partial charge in [0.2, 0.25) is 10.0 Å². The van der Waals surface area contributed by atoms with Gasteiger partial charge in [-0.15, -0.1) is 0 Å². The zero-order valence-corrected chi connectivity index (χ0v) is 26.2. The molecule has 14 heteroatoms. The summed E-state index contributed by atoms with van der Waals surface area (Å²) in [5.41, 5.74) is 11.5. The first-order valence-corrected chi connectivity index (χ1v) is 16.6.